The van der Waals surface area contributed by atoms with Crippen LogP contribution in [0, 0.1) is 17.7 Å². The monoisotopic (exact) mass is 283 g/mol. The molecule has 0 bridgehead atoms. The summed E-state index contributed by atoms with van der Waals surface area (Å²) in [4.78, 5) is 0. The van der Waals surface area contributed by atoms with Gasteiger partial charge in [-0.05, 0) is 32.2 Å². The Morgan fingerprint density at radius 1 is 1.19 bits per heavy atom. The summed E-state index contributed by atoms with van der Waals surface area (Å²) in [6, 6.07) is 14.5. The lowest BCUT2D eigenvalue weighted by Crippen LogP contribution is -2.13. The molecule has 108 valence electrons. The molecule has 1 N–H and O–H groups in total. The smallest absolute Gasteiger partial charge is 0.149 e. The fourth-order valence-electron chi connectivity index (χ4n) is 1.88. The van der Waals surface area contributed by atoms with Crippen molar-refractivity contribution in [1.29, 1.82) is 0 Å². The van der Waals surface area contributed by atoms with Gasteiger partial charge in [0.25, 0.3) is 0 Å². The van der Waals surface area contributed by atoms with Gasteiger partial charge in [0.2, 0.25) is 0 Å². The number of nitrogens with one attached hydrogen (secondary N) is 1. The van der Waals surface area contributed by atoms with Gasteiger partial charge in [-0.1, -0.05) is 36.1 Å². The molecule has 0 aromatic heterocycles. The Balaban J connectivity index is 1.95. The van der Waals surface area contributed by atoms with Crippen molar-refractivity contribution < 1.29 is 9.13 Å². The molecule has 0 saturated heterocycles. The molecule has 2 nitrogen and oxygen atoms in total. The first kappa shape index (κ1) is 15.1. The third kappa shape index (κ3) is 4.34. The predicted octanol–water partition coefficient (Wildman–Crippen LogP) is 3.54. The van der Waals surface area contributed by atoms with E-state index in [0.717, 1.165) is 5.56 Å². The van der Waals surface area contributed by atoms with Gasteiger partial charge < -0.3 is 10.1 Å². The molecule has 0 heterocycles. The number of hydrogen-bond donors (Lipinski definition) is 1. The predicted molar refractivity (Wildman–Crippen MR) is 82.7 cm³/mol. The summed E-state index contributed by atoms with van der Waals surface area (Å²) >= 11 is 0. The van der Waals surface area contributed by atoms with Crippen molar-refractivity contribution in [1.82, 2.24) is 5.32 Å². The average molecular weight is 283 g/mol. The van der Waals surface area contributed by atoms with Crippen LogP contribution >= 0.6 is 0 Å². The average Bonchev–Trinajstić information content (AvgIpc) is 2.52. The van der Waals surface area contributed by atoms with Crippen LogP contribution in [-0.4, -0.2) is 13.7 Å². The second-order valence-corrected chi connectivity index (χ2v) is 4.65. The molecule has 2 rings (SSSR count). The van der Waals surface area contributed by atoms with Gasteiger partial charge in [-0.2, -0.15) is 0 Å². The van der Waals surface area contributed by atoms with Gasteiger partial charge in [0.15, 0.2) is 0 Å². The van der Waals surface area contributed by atoms with Crippen molar-refractivity contribution in [2.24, 2.45) is 0 Å². The van der Waals surface area contributed by atoms with E-state index >= 15 is 0 Å². The number of ether oxygens (including phenoxy) is 1. The maximum absolute atomic E-state index is 13.9. The van der Waals surface area contributed by atoms with E-state index in [-0.39, 0.29) is 18.5 Å². The maximum atomic E-state index is 13.9. The van der Waals surface area contributed by atoms with Crippen LogP contribution in [0.5, 0.6) is 5.75 Å². The fraction of sp³-hybridized carbons (Fsp3) is 0.222. The van der Waals surface area contributed by atoms with Crippen LogP contribution in [0.3, 0.4) is 0 Å². The van der Waals surface area contributed by atoms with E-state index in [0.29, 0.717) is 11.3 Å². The van der Waals surface area contributed by atoms with Crippen molar-refractivity contribution in [2.45, 2.75) is 13.0 Å². The van der Waals surface area contributed by atoms with Gasteiger partial charge in [-0.25, -0.2) is 4.39 Å². The number of benzene rings is 2. The van der Waals surface area contributed by atoms with Crippen LogP contribution in [-0.2, 0) is 0 Å². The minimum absolute atomic E-state index is 0.0306. The molecule has 0 aliphatic carbocycles. The Morgan fingerprint density at radius 3 is 2.62 bits per heavy atom. The zero-order valence-corrected chi connectivity index (χ0v) is 12.2. The Labute approximate surface area is 125 Å². The number of halogens is 1. The summed E-state index contributed by atoms with van der Waals surface area (Å²) in [6.45, 7) is 2.14. The third-order valence-electron chi connectivity index (χ3n) is 3.19. The molecule has 0 aliphatic rings. The van der Waals surface area contributed by atoms with Gasteiger partial charge in [-0.15, -0.1) is 0 Å². The minimum atomic E-state index is -0.273. The van der Waals surface area contributed by atoms with Gasteiger partial charge in [0.1, 0.15) is 18.2 Å². The molecule has 2 aromatic carbocycles. The Hall–Kier alpha value is -2.31. The number of rotatable bonds is 4. The maximum Gasteiger partial charge on any atom is 0.149 e. The molecule has 0 spiro atoms. The van der Waals surface area contributed by atoms with E-state index in [2.05, 4.69) is 17.2 Å². The quantitative estimate of drug-likeness (QED) is 0.867. The highest BCUT2D eigenvalue weighted by molar-refractivity contribution is 5.34. The van der Waals surface area contributed by atoms with Crippen LogP contribution in [0.25, 0.3) is 0 Å². The molecule has 3 heteroatoms. The summed E-state index contributed by atoms with van der Waals surface area (Å²) in [5, 5.41) is 3.01. The minimum Gasteiger partial charge on any atom is -0.481 e. The molecular weight excluding hydrogens is 265 g/mol. The van der Waals surface area contributed by atoms with Crippen LogP contribution < -0.4 is 10.1 Å². The highest BCUT2D eigenvalue weighted by Gasteiger charge is 2.09. The van der Waals surface area contributed by atoms with E-state index in [4.69, 9.17) is 4.74 Å². The molecular formula is C18H18FNO. The van der Waals surface area contributed by atoms with E-state index in [1.54, 1.807) is 19.2 Å². The van der Waals surface area contributed by atoms with E-state index in [1.807, 2.05) is 37.3 Å². The van der Waals surface area contributed by atoms with Crippen LogP contribution in [0.1, 0.15) is 24.1 Å². The van der Waals surface area contributed by atoms with E-state index < -0.39 is 0 Å². The van der Waals surface area contributed by atoms with Crippen molar-refractivity contribution in [3.63, 3.8) is 0 Å². The summed E-state index contributed by atoms with van der Waals surface area (Å²) < 4.78 is 19.3. The highest BCUT2D eigenvalue weighted by atomic mass is 19.1. The van der Waals surface area contributed by atoms with Gasteiger partial charge in [-0.3, -0.25) is 0 Å². The molecule has 2 aromatic rings. The summed E-state index contributed by atoms with van der Waals surface area (Å²) in [5.41, 5.74) is 1.56. The van der Waals surface area contributed by atoms with Crippen LogP contribution in [0.2, 0.25) is 0 Å². The zero-order valence-electron chi connectivity index (χ0n) is 12.2. The standard InChI is InChI=1S/C18H18FNO/c1-14(20-2)17-11-10-16(13-18(17)19)21-12-6-9-15-7-4-3-5-8-15/h3-5,7-8,10-11,13-14,20H,12H2,1-2H3. The second kappa shape index (κ2) is 7.47. The first-order chi connectivity index (χ1) is 10.2. The lowest BCUT2D eigenvalue weighted by atomic mass is 10.1. The van der Waals surface area contributed by atoms with Crippen molar-refractivity contribution in [3.8, 4) is 17.6 Å². The molecule has 0 saturated carbocycles. The Kier molecular flexibility index (Phi) is 5.36. The van der Waals surface area contributed by atoms with Gasteiger partial charge >= 0.3 is 0 Å². The largest absolute Gasteiger partial charge is 0.481 e. The third-order valence-corrected chi connectivity index (χ3v) is 3.19. The lowest BCUT2D eigenvalue weighted by molar-refractivity contribution is 0.367. The molecule has 1 unspecified atom stereocenters. The molecule has 1 atom stereocenters. The fourth-order valence-corrected chi connectivity index (χ4v) is 1.88. The molecule has 0 amide bonds. The topological polar surface area (TPSA) is 21.3 Å². The van der Waals surface area contributed by atoms with Crippen molar-refractivity contribution in [3.05, 3.63) is 65.5 Å². The highest BCUT2D eigenvalue weighted by Crippen LogP contribution is 2.21. The van der Waals surface area contributed by atoms with E-state index in [9.17, 15) is 4.39 Å². The molecule has 0 fully saturated rings. The van der Waals surface area contributed by atoms with Gasteiger partial charge in [0.05, 0.1) is 0 Å². The Morgan fingerprint density at radius 2 is 1.95 bits per heavy atom. The molecule has 21 heavy (non-hydrogen) atoms. The number of hydrogen-bond acceptors (Lipinski definition) is 2. The first-order valence-electron chi connectivity index (χ1n) is 6.84. The normalized spacial score (nSPS) is 11.4. The summed E-state index contributed by atoms with van der Waals surface area (Å²) in [6.07, 6.45) is 0. The van der Waals surface area contributed by atoms with E-state index in [1.165, 1.54) is 6.07 Å². The van der Waals surface area contributed by atoms with Crippen molar-refractivity contribution >= 4 is 0 Å². The zero-order chi connectivity index (χ0) is 15.1. The first-order valence-corrected chi connectivity index (χ1v) is 6.84. The van der Waals surface area contributed by atoms with Crippen molar-refractivity contribution in [2.75, 3.05) is 13.7 Å². The summed E-state index contributed by atoms with van der Waals surface area (Å²) in [5.74, 6) is 6.12. The second-order valence-electron chi connectivity index (χ2n) is 4.65. The van der Waals surface area contributed by atoms with Crippen LogP contribution in [0.4, 0.5) is 4.39 Å². The summed E-state index contributed by atoms with van der Waals surface area (Å²) in [7, 11) is 1.80. The van der Waals surface area contributed by atoms with Crippen LogP contribution in [0.15, 0.2) is 48.5 Å². The Bertz CT molecular complexity index is 643. The molecule has 0 aliphatic heterocycles. The SMILES string of the molecule is CNC(C)c1ccc(OCC#Cc2ccccc2)cc1F. The lowest BCUT2D eigenvalue weighted by Gasteiger charge is -2.12. The van der Waals surface area contributed by atoms with Gasteiger partial charge in [0, 0.05) is 23.2 Å². The molecule has 0 radical (unpaired) electrons.